The molecule has 1 saturated carbocycles. The van der Waals surface area contributed by atoms with Crippen LogP contribution in [0, 0.1) is 18.3 Å². The Bertz CT molecular complexity index is 1230. The van der Waals surface area contributed by atoms with Crippen molar-refractivity contribution in [2.45, 2.75) is 59.4 Å². The predicted octanol–water partition coefficient (Wildman–Crippen LogP) is 5.66. The van der Waals surface area contributed by atoms with Crippen LogP contribution in [0.3, 0.4) is 0 Å². The predicted molar refractivity (Wildman–Crippen MR) is 125 cm³/mol. The fraction of sp³-hybridized carbons (Fsp3) is 0.440. The van der Waals surface area contributed by atoms with Gasteiger partial charge in [-0.25, -0.2) is 9.50 Å². The second-order valence-corrected chi connectivity index (χ2v) is 9.86. The highest BCUT2D eigenvalue weighted by Gasteiger charge is 2.30. The lowest BCUT2D eigenvalue weighted by molar-refractivity contribution is 0.173. The highest BCUT2D eigenvalue weighted by Crippen LogP contribution is 2.38. The molecule has 160 valence electrons. The summed E-state index contributed by atoms with van der Waals surface area (Å²) in [5.41, 5.74) is 6.40. The Kier molecular flexibility index (Phi) is 4.88. The Morgan fingerprint density at radius 1 is 0.968 bits per heavy atom. The minimum atomic E-state index is 0.396. The maximum atomic E-state index is 4.81. The number of benzene rings is 1. The van der Waals surface area contributed by atoms with Crippen LogP contribution in [0.2, 0.25) is 0 Å². The summed E-state index contributed by atoms with van der Waals surface area (Å²) >= 11 is 0. The number of anilines is 1. The topological polar surface area (TPSA) is 68.0 Å². The second-order valence-electron chi connectivity index (χ2n) is 9.86. The first kappa shape index (κ1) is 19.9. The molecular formula is C25H30N6. The first-order valence-corrected chi connectivity index (χ1v) is 11.2. The quantitative estimate of drug-likeness (QED) is 0.468. The van der Waals surface area contributed by atoms with Gasteiger partial charge in [-0.15, -0.1) is 5.10 Å². The largest absolute Gasteiger partial charge is 0.350 e. The molecule has 0 aliphatic heterocycles. The Morgan fingerprint density at radius 3 is 2.45 bits per heavy atom. The SMILES string of the molecule is Cc1nc(NC2CCC(C(C)(C)C)CC2)nn2ccc(-c3ccc4nccnc4c3)c12. The molecule has 0 radical (unpaired) electrons. The van der Waals surface area contributed by atoms with Gasteiger partial charge < -0.3 is 5.32 Å². The molecule has 5 rings (SSSR count). The van der Waals surface area contributed by atoms with Gasteiger partial charge in [-0.3, -0.25) is 9.97 Å². The van der Waals surface area contributed by atoms with E-state index in [0.29, 0.717) is 11.5 Å². The average Bonchev–Trinajstić information content (AvgIpc) is 3.18. The van der Waals surface area contributed by atoms with Crippen LogP contribution in [0.5, 0.6) is 0 Å². The lowest BCUT2D eigenvalue weighted by Gasteiger charge is -2.37. The summed E-state index contributed by atoms with van der Waals surface area (Å²) < 4.78 is 1.95. The number of aryl methyl sites for hydroxylation is 1. The van der Waals surface area contributed by atoms with Gasteiger partial charge in [-0.1, -0.05) is 26.8 Å². The van der Waals surface area contributed by atoms with E-state index in [1.54, 1.807) is 12.4 Å². The molecule has 0 atom stereocenters. The minimum absolute atomic E-state index is 0.396. The van der Waals surface area contributed by atoms with Crippen molar-refractivity contribution in [3.05, 3.63) is 48.5 Å². The number of nitrogens with one attached hydrogen (secondary N) is 1. The maximum Gasteiger partial charge on any atom is 0.241 e. The standard InChI is InChI=1S/C25H30N6/c1-16-23-20(17-5-10-21-22(15-17)27-13-12-26-21)11-14-31(23)30-24(28-16)29-19-8-6-18(7-9-19)25(2,3)4/h5,10-15,18-19H,6-9H2,1-4H3,(H,29,30). The van der Waals surface area contributed by atoms with Crippen molar-refractivity contribution in [3.8, 4) is 11.1 Å². The van der Waals surface area contributed by atoms with E-state index in [9.17, 15) is 0 Å². The third-order valence-corrected chi connectivity index (χ3v) is 6.75. The van der Waals surface area contributed by atoms with Gasteiger partial charge in [0, 0.05) is 30.2 Å². The normalized spacial score (nSPS) is 19.7. The molecular weight excluding hydrogens is 384 g/mol. The maximum absolute atomic E-state index is 4.81. The van der Waals surface area contributed by atoms with E-state index in [0.717, 1.165) is 45.2 Å². The summed E-state index contributed by atoms with van der Waals surface area (Å²) in [7, 11) is 0. The lowest BCUT2D eigenvalue weighted by atomic mass is 9.71. The summed E-state index contributed by atoms with van der Waals surface area (Å²) in [6, 6.07) is 8.74. The van der Waals surface area contributed by atoms with Gasteiger partial charge in [0.05, 0.1) is 22.2 Å². The van der Waals surface area contributed by atoms with Gasteiger partial charge in [-0.05, 0) is 67.7 Å². The Hall–Kier alpha value is -3.02. The zero-order chi connectivity index (χ0) is 21.6. The number of hydrogen-bond acceptors (Lipinski definition) is 5. The molecule has 3 heterocycles. The van der Waals surface area contributed by atoms with Gasteiger partial charge in [-0.2, -0.15) is 0 Å². The van der Waals surface area contributed by atoms with Crippen LogP contribution in [-0.2, 0) is 0 Å². The number of rotatable bonds is 3. The molecule has 31 heavy (non-hydrogen) atoms. The van der Waals surface area contributed by atoms with Crippen molar-refractivity contribution in [3.63, 3.8) is 0 Å². The van der Waals surface area contributed by atoms with E-state index >= 15 is 0 Å². The third kappa shape index (κ3) is 3.87. The molecule has 0 amide bonds. The van der Waals surface area contributed by atoms with Gasteiger partial charge in [0.2, 0.25) is 5.95 Å². The van der Waals surface area contributed by atoms with Crippen molar-refractivity contribution in [2.24, 2.45) is 11.3 Å². The molecule has 0 unspecified atom stereocenters. The summed E-state index contributed by atoms with van der Waals surface area (Å²) in [6.07, 6.45) is 10.3. The van der Waals surface area contributed by atoms with Crippen molar-refractivity contribution < 1.29 is 0 Å². The molecule has 1 fully saturated rings. The van der Waals surface area contributed by atoms with Gasteiger partial charge in [0.25, 0.3) is 0 Å². The molecule has 1 aliphatic carbocycles. The summed E-state index contributed by atoms with van der Waals surface area (Å²) in [6.45, 7) is 9.13. The summed E-state index contributed by atoms with van der Waals surface area (Å²) in [4.78, 5) is 13.6. The van der Waals surface area contributed by atoms with Gasteiger partial charge in [0.1, 0.15) is 0 Å². The molecule has 4 aromatic rings. The molecule has 3 aromatic heterocycles. The van der Waals surface area contributed by atoms with Crippen LogP contribution in [-0.4, -0.2) is 30.6 Å². The van der Waals surface area contributed by atoms with E-state index < -0.39 is 0 Å². The Balaban J connectivity index is 1.40. The van der Waals surface area contributed by atoms with E-state index in [1.165, 1.54) is 25.7 Å². The van der Waals surface area contributed by atoms with Crippen molar-refractivity contribution in [1.29, 1.82) is 0 Å². The van der Waals surface area contributed by atoms with E-state index in [2.05, 4.69) is 61.2 Å². The van der Waals surface area contributed by atoms with Crippen molar-refractivity contribution >= 4 is 22.5 Å². The molecule has 6 nitrogen and oxygen atoms in total. The number of aromatic nitrogens is 5. The smallest absolute Gasteiger partial charge is 0.241 e. The lowest BCUT2D eigenvalue weighted by Crippen LogP contribution is -2.32. The first-order chi connectivity index (χ1) is 14.9. The first-order valence-electron chi connectivity index (χ1n) is 11.2. The molecule has 6 heteroatoms. The monoisotopic (exact) mass is 414 g/mol. The zero-order valence-electron chi connectivity index (χ0n) is 18.8. The minimum Gasteiger partial charge on any atom is -0.350 e. The molecule has 0 bridgehead atoms. The van der Waals surface area contributed by atoms with Crippen molar-refractivity contribution in [1.82, 2.24) is 24.6 Å². The average molecular weight is 415 g/mol. The van der Waals surface area contributed by atoms with Crippen LogP contribution in [0.15, 0.2) is 42.9 Å². The second kappa shape index (κ2) is 7.59. The van der Waals surface area contributed by atoms with E-state index in [4.69, 9.17) is 10.1 Å². The van der Waals surface area contributed by atoms with Crippen LogP contribution in [0.4, 0.5) is 5.95 Å². The van der Waals surface area contributed by atoms with E-state index in [-0.39, 0.29) is 0 Å². The Morgan fingerprint density at radius 2 is 1.71 bits per heavy atom. The van der Waals surface area contributed by atoms with Crippen LogP contribution in [0.25, 0.3) is 27.7 Å². The number of nitrogens with zero attached hydrogens (tertiary/aromatic N) is 5. The summed E-state index contributed by atoms with van der Waals surface area (Å²) in [5.74, 6) is 1.52. The van der Waals surface area contributed by atoms with Crippen LogP contribution < -0.4 is 5.32 Å². The van der Waals surface area contributed by atoms with E-state index in [1.807, 2.05) is 16.8 Å². The van der Waals surface area contributed by atoms with Crippen LogP contribution >= 0.6 is 0 Å². The molecule has 0 spiro atoms. The fourth-order valence-corrected chi connectivity index (χ4v) is 4.91. The van der Waals surface area contributed by atoms with Gasteiger partial charge in [0.15, 0.2) is 0 Å². The van der Waals surface area contributed by atoms with Crippen molar-refractivity contribution in [2.75, 3.05) is 5.32 Å². The highest BCUT2D eigenvalue weighted by molar-refractivity contribution is 5.88. The molecule has 1 aliphatic rings. The zero-order valence-corrected chi connectivity index (χ0v) is 18.8. The number of fused-ring (bicyclic) bond motifs is 2. The molecule has 0 saturated heterocycles. The molecule has 1 N–H and O–H groups in total. The van der Waals surface area contributed by atoms with Crippen LogP contribution in [0.1, 0.15) is 52.1 Å². The molecule has 1 aromatic carbocycles. The fourth-order valence-electron chi connectivity index (χ4n) is 4.91. The highest BCUT2D eigenvalue weighted by atomic mass is 15.3. The Labute approximate surface area is 183 Å². The number of hydrogen-bond donors (Lipinski definition) is 1. The third-order valence-electron chi connectivity index (χ3n) is 6.75. The summed E-state index contributed by atoms with van der Waals surface area (Å²) in [5, 5.41) is 8.37. The van der Waals surface area contributed by atoms with Gasteiger partial charge >= 0.3 is 0 Å².